The van der Waals surface area contributed by atoms with Gasteiger partial charge < -0.3 is 21.5 Å². The number of nitrogens with two attached hydrogens (primary N) is 2. The number of anilines is 2. The zero-order valence-electron chi connectivity index (χ0n) is 10.9. The molecule has 0 atom stereocenters. The van der Waals surface area contributed by atoms with Crippen LogP contribution in [0.5, 0.6) is 0 Å². The van der Waals surface area contributed by atoms with E-state index in [0.717, 1.165) is 24.4 Å². The van der Waals surface area contributed by atoms with E-state index in [-0.39, 0.29) is 6.61 Å². The van der Waals surface area contributed by atoms with E-state index < -0.39 is 5.91 Å². The highest BCUT2D eigenvalue weighted by molar-refractivity contribution is 5.75. The predicted octanol–water partition coefficient (Wildman–Crippen LogP) is -0.131. The Morgan fingerprint density at radius 3 is 2.89 bits per heavy atom. The van der Waals surface area contributed by atoms with E-state index in [0.29, 0.717) is 18.8 Å². The topological polar surface area (TPSA) is 108 Å². The molecule has 7 heteroatoms. The Labute approximate surface area is 106 Å². The zero-order chi connectivity index (χ0) is 13.5. The molecule has 0 saturated heterocycles. The van der Waals surface area contributed by atoms with E-state index in [1.807, 2.05) is 7.05 Å². The van der Waals surface area contributed by atoms with Gasteiger partial charge >= 0.3 is 0 Å². The standard InChI is InChI=1S/C11H21N5O2/c1-3-4-8-10(13)11(16(2)15-8)14-5-6-18-7-9(12)17/h14H,3-7,13H2,1-2H3,(H2,12,17). The SMILES string of the molecule is CCCc1nn(C)c(NCCOCC(N)=O)c1N. The highest BCUT2D eigenvalue weighted by atomic mass is 16.5. The Hall–Kier alpha value is -1.76. The van der Waals surface area contributed by atoms with Crippen molar-refractivity contribution in [1.29, 1.82) is 0 Å². The van der Waals surface area contributed by atoms with Crippen LogP contribution >= 0.6 is 0 Å². The van der Waals surface area contributed by atoms with Gasteiger partial charge in [0, 0.05) is 13.6 Å². The molecule has 1 rings (SSSR count). The van der Waals surface area contributed by atoms with Crippen LogP contribution in [0.3, 0.4) is 0 Å². The van der Waals surface area contributed by atoms with Crippen molar-refractivity contribution in [3.05, 3.63) is 5.69 Å². The highest BCUT2D eigenvalue weighted by Crippen LogP contribution is 2.22. The number of nitrogen functional groups attached to an aromatic ring is 1. The van der Waals surface area contributed by atoms with Crippen LogP contribution < -0.4 is 16.8 Å². The summed E-state index contributed by atoms with van der Waals surface area (Å²) in [5.74, 6) is 0.307. The fraction of sp³-hybridized carbons (Fsp3) is 0.636. The summed E-state index contributed by atoms with van der Waals surface area (Å²) < 4.78 is 6.76. The lowest BCUT2D eigenvalue weighted by Crippen LogP contribution is -2.21. The van der Waals surface area contributed by atoms with Gasteiger partial charge in [0.05, 0.1) is 18.0 Å². The third-order valence-electron chi connectivity index (χ3n) is 2.43. The molecule has 0 fully saturated rings. The summed E-state index contributed by atoms with van der Waals surface area (Å²) in [5, 5.41) is 7.47. The van der Waals surface area contributed by atoms with Gasteiger partial charge in [-0.2, -0.15) is 5.10 Å². The lowest BCUT2D eigenvalue weighted by atomic mass is 10.2. The van der Waals surface area contributed by atoms with Crippen molar-refractivity contribution in [2.75, 3.05) is 30.8 Å². The number of hydrogen-bond donors (Lipinski definition) is 3. The van der Waals surface area contributed by atoms with Crippen molar-refractivity contribution < 1.29 is 9.53 Å². The molecule has 18 heavy (non-hydrogen) atoms. The molecule has 1 aromatic rings. The summed E-state index contributed by atoms with van der Waals surface area (Å²) in [6.45, 7) is 2.95. The maximum atomic E-state index is 10.5. The summed E-state index contributed by atoms with van der Waals surface area (Å²) in [4.78, 5) is 10.5. The number of hydrogen-bond acceptors (Lipinski definition) is 5. The molecule has 0 aliphatic carbocycles. The summed E-state index contributed by atoms with van der Waals surface area (Å²) in [5.41, 5.74) is 12.5. The minimum atomic E-state index is -0.472. The van der Waals surface area contributed by atoms with Crippen LogP contribution in [0.1, 0.15) is 19.0 Å². The molecule has 5 N–H and O–H groups in total. The Morgan fingerprint density at radius 1 is 1.56 bits per heavy atom. The number of ether oxygens (including phenoxy) is 1. The number of carbonyl (C=O) groups is 1. The second kappa shape index (κ2) is 6.85. The molecule has 1 heterocycles. The zero-order valence-corrected chi connectivity index (χ0v) is 10.9. The van der Waals surface area contributed by atoms with Gasteiger partial charge in [-0.05, 0) is 6.42 Å². The van der Waals surface area contributed by atoms with Crippen LogP contribution in [0.2, 0.25) is 0 Å². The molecule has 1 aromatic heterocycles. The number of carbonyl (C=O) groups excluding carboxylic acids is 1. The molecular weight excluding hydrogens is 234 g/mol. The highest BCUT2D eigenvalue weighted by Gasteiger charge is 2.11. The van der Waals surface area contributed by atoms with Crippen LogP contribution in [0.25, 0.3) is 0 Å². The molecule has 0 aromatic carbocycles. The Bertz CT molecular complexity index is 402. The number of primary amides is 1. The first kappa shape index (κ1) is 14.3. The summed E-state index contributed by atoms with van der Waals surface area (Å²) in [6, 6.07) is 0. The van der Waals surface area contributed by atoms with E-state index in [2.05, 4.69) is 17.3 Å². The van der Waals surface area contributed by atoms with Crippen molar-refractivity contribution in [3.8, 4) is 0 Å². The maximum absolute atomic E-state index is 10.5. The van der Waals surface area contributed by atoms with Gasteiger partial charge in [0.25, 0.3) is 0 Å². The largest absolute Gasteiger partial charge is 0.394 e. The summed E-state index contributed by atoms with van der Waals surface area (Å²) in [6.07, 6.45) is 1.86. The van der Waals surface area contributed by atoms with E-state index in [9.17, 15) is 4.79 Å². The van der Waals surface area contributed by atoms with E-state index in [1.54, 1.807) is 4.68 Å². The number of aryl methyl sites for hydroxylation is 2. The van der Waals surface area contributed by atoms with E-state index >= 15 is 0 Å². The van der Waals surface area contributed by atoms with Gasteiger partial charge in [0.1, 0.15) is 12.4 Å². The fourth-order valence-electron chi connectivity index (χ4n) is 1.64. The third kappa shape index (κ3) is 3.92. The molecule has 0 saturated carbocycles. The van der Waals surface area contributed by atoms with Crippen molar-refractivity contribution in [2.24, 2.45) is 12.8 Å². The van der Waals surface area contributed by atoms with Crippen LogP contribution in [0, 0.1) is 0 Å². The molecule has 7 nitrogen and oxygen atoms in total. The van der Waals surface area contributed by atoms with Gasteiger partial charge in [0.2, 0.25) is 5.91 Å². The molecule has 0 aliphatic rings. The van der Waals surface area contributed by atoms with Gasteiger partial charge in [-0.15, -0.1) is 0 Å². The number of nitrogens with one attached hydrogen (secondary N) is 1. The minimum absolute atomic E-state index is 0.0658. The number of aromatic nitrogens is 2. The van der Waals surface area contributed by atoms with Gasteiger partial charge in [-0.25, -0.2) is 0 Å². The van der Waals surface area contributed by atoms with Crippen LogP contribution in [0.4, 0.5) is 11.5 Å². The minimum Gasteiger partial charge on any atom is -0.394 e. The first-order chi connectivity index (χ1) is 8.56. The second-order valence-electron chi connectivity index (χ2n) is 4.03. The maximum Gasteiger partial charge on any atom is 0.243 e. The second-order valence-corrected chi connectivity index (χ2v) is 4.03. The third-order valence-corrected chi connectivity index (χ3v) is 2.43. The van der Waals surface area contributed by atoms with Gasteiger partial charge in [-0.3, -0.25) is 9.48 Å². The lowest BCUT2D eigenvalue weighted by molar-refractivity contribution is -0.122. The first-order valence-corrected chi connectivity index (χ1v) is 5.97. The smallest absolute Gasteiger partial charge is 0.243 e. The fourth-order valence-corrected chi connectivity index (χ4v) is 1.64. The Balaban J connectivity index is 2.44. The molecular formula is C11H21N5O2. The van der Waals surface area contributed by atoms with Crippen molar-refractivity contribution in [2.45, 2.75) is 19.8 Å². The first-order valence-electron chi connectivity index (χ1n) is 5.97. The Morgan fingerprint density at radius 2 is 2.28 bits per heavy atom. The molecule has 0 radical (unpaired) electrons. The van der Waals surface area contributed by atoms with Gasteiger partial charge in [0.15, 0.2) is 0 Å². The van der Waals surface area contributed by atoms with E-state index in [4.69, 9.17) is 16.2 Å². The quantitative estimate of drug-likeness (QED) is 0.561. The van der Waals surface area contributed by atoms with Crippen LogP contribution in [0.15, 0.2) is 0 Å². The van der Waals surface area contributed by atoms with E-state index in [1.165, 1.54) is 0 Å². The molecule has 102 valence electrons. The molecule has 0 aliphatic heterocycles. The normalized spacial score (nSPS) is 10.6. The number of nitrogens with zero attached hydrogens (tertiary/aromatic N) is 2. The predicted molar refractivity (Wildman–Crippen MR) is 70.1 cm³/mol. The van der Waals surface area contributed by atoms with Crippen LogP contribution in [-0.2, 0) is 23.0 Å². The molecule has 0 spiro atoms. The molecule has 1 amide bonds. The lowest BCUT2D eigenvalue weighted by Gasteiger charge is -2.07. The summed E-state index contributed by atoms with van der Waals surface area (Å²) >= 11 is 0. The molecule has 0 unspecified atom stereocenters. The van der Waals surface area contributed by atoms with Crippen molar-refractivity contribution in [3.63, 3.8) is 0 Å². The number of amides is 1. The average molecular weight is 255 g/mol. The monoisotopic (exact) mass is 255 g/mol. The average Bonchev–Trinajstić information content (AvgIpc) is 2.56. The van der Waals surface area contributed by atoms with Crippen molar-refractivity contribution >= 4 is 17.4 Å². The van der Waals surface area contributed by atoms with Crippen molar-refractivity contribution in [1.82, 2.24) is 9.78 Å². The molecule has 0 bridgehead atoms. The number of rotatable bonds is 8. The van der Waals surface area contributed by atoms with Crippen LogP contribution in [-0.4, -0.2) is 35.4 Å². The van der Waals surface area contributed by atoms with Gasteiger partial charge in [-0.1, -0.05) is 13.3 Å². The summed E-state index contributed by atoms with van der Waals surface area (Å²) in [7, 11) is 1.84. The Kier molecular flexibility index (Phi) is 5.44.